The van der Waals surface area contributed by atoms with E-state index in [1.165, 1.54) is 13.1 Å². The molecule has 2 aromatic rings. The molecule has 0 spiro atoms. The first kappa shape index (κ1) is 16.8. The predicted molar refractivity (Wildman–Crippen MR) is 96.6 cm³/mol. The number of benzene rings is 1. The fourth-order valence-electron chi connectivity index (χ4n) is 3.28. The highest BCUT2D eigenvalue weighted by molar-refractivity contribution is 5.94. The summed E-state index contributed by atoms with van der Waals surface area (Å²) < 4.78 is 11.3. The zero-order valence-corrected chi connectivity index (χ0v) is 14.5. The van der Waals surface area contributed by atoms with Gasteiger partial charge in [-0.2, -0.15) is 0 Å². The third-order valence-electron chi connectivity index (χ3n) is 4.58. The molecule has 0 radical (unpaired) electrons. The smallest absolute Gasteiger partial charge is 0.415 e. The molecule has 2 amide bonds. The van der Waals surface area contributed by atoms with Crippen LogP contribution in [0.25, 0.3) is 16.0 Å². The summed E-state index contributed by atoms with van der Waals surface area (Å²) in [4.78, 5) is 32.5. The van der Waals surface area contributed by atoms with Crippen LogP contribution in [0.1, 0.15) is 6.92 Å². The van der Waals surface area contributed by atoms with Gasteiger partial charge >= 0.3 is 6.09 Å². The maximum absolute atomic E-state index is 12.4. The lowest BCUT2D eigenvalue weighted by atomic mass is 10.0. The summed E-state index contributed by atoms with van der Waals surface area (Å²) in [7, 11) is 0. The molecular formula is C19H16N4O4. The molecule has 1 N–H and O–H groups in total. The molecule has 3 heterocycles. The maximum atomic E-state index is 12.4. The third-order valence-corrected chi connectivity index (χ3v) is 4.58. The predicted octanol–water partition coefficient (Wildman–Crippen LogP) is 2.52. The molecule has 8 nitrogen and oxygen atoms in total. The number of fused-ring (bicyclic) bond motifs is 3. The SMILES string of the molecule is [C-]#[N+]c1cncc(-c2ccc3c(c2)OC[C@H]2[C@H](CNC(C)=O)OC(=O)N32)c1. The minimum absolute atomic E-state index is 0.179. The highest BCUT2D eigenvalue weighted by Crippen LogP contribution is 2.41. The van der Waals surface area contributed by atoms with Crippen molar-refractivity contribution in [1.82, 2.24) is 10.3 Å². The van der Waals surface area contributed by atoms with Gasteiger partial charge in [0, 0.05) is 19.3 Å². The third kappa shape index (κ3) is 3.04. The number of cyclic esters (lactones) is 1. The Labute approximate surface area is 155 Å². The maximum Gasteiger partial charge on any atom is 0.415 e. The molecule has 0 bridgehead atoms. The van der Waals surface area contributed by atoms with E-state index in [-0.39, 0.29) is 25.1 Å². The number of nitrogens with one attached hydrogen (secondary N) is 1. The number of rotatable bonds is 3. The number of hydrogen-bond acceptors (Lipinski definition) is 5. The molecule has 2 aliphatic rings. The monoisotopic (exact) mass is 364 g/mol. The van der Waals surface area contributed by atoms with E-state index in [1.54, 1.807) is 23.2 Å². The van der Waals surface area contributed by atoms with E-state index in [0.29, 0.717) is 17.1 Å². The molecule has 0 unspecified atom stereocenters. The summed E-state index contributed by atoms with van der Waals surface area (Å²) in [6.07, 6.45) is 2.26. The van der Waals surface area contributed by atoms with Crippen LogP contribution in [0, 0.1) is 6.57 Å². The minimum Gasteiger partial charge on any atom is -0.489 e. The molecule has 2 aliphatic heterocycles. The second kappa shape index (κ2) is 6.61. The summed E-state index contributed by atoms with van der Waals surface area (Å²) >= 11 is 0. The van der Waals surface area contributed by atoms with Crippen LogP contribution in [-0.4, -0.2) is 42.3 Å². The normalized spacial score (nSPS) is 20.0. The Balaban J connectivity index is 1.63. The molecular weight excluding hydrogens is 348 g/mol. The van der Waals surface area contributed by atoms with Crippen molar-refractivity contribution in [3.63, 3.8) is 0 Å². The fourth-order valence-corrected chi connectivity index (χ4v) is 3.28. The van der Waals surface area contributed by atoms with Crippen molar-refractivity contribution < 1.29 is 19.1 Å². The Kier molecular flexibility index (Phi) is 4.12. The first-order valence-electron chi connectivity index (χ1n) is 8.41. The molecule has 27 heavy (non-hydrogen) atoms. The van der Waals surface area contributed by atoms with E-state index in [0.717, 1.165) is 11.1 Å². The van der Waals surface area contributed by atoms with Gasteiger partial charge in [0.15, 0.2) is 0 Å². The van der Waals surface area contributed by atoms with E-state index in [4.69, 9.17) is 16.0 Å². The van der Waals surface area contributed by atoms with E-state index < -0.39 is 12.2 Å². The summed E-state index contributed by atoms with van der Waals surface area (Å²) in [5.74, 6) is 0.385. The van der Waals surface area contributed by atoms with Gasteiger partial charge in [0.2, 0.25) is 11.6 Å². The Morgan fingerprint density at radius 3 is 3.00 bits per heavy atom. The first-order chi connectivity index (χ1) is 13.1. The number of pyridine rings is 1. The molecule has 0 saturated carbocycles. The molecule has 1 fully saturated rings. The van der Waals surface area contributed by atoms with Crippen LogP contribution >= 0.6 is 0 Å². The second-order valence-electron chi connectivity index (χ2n) is 6.33. The molecule has 2 atom stereocenters. The zero-order chi connectivity index (χ0) is 19.0. The van der Waals surface area contributed by atoms with E-state index >= 15 is 0 Å². The lowest BCUT2D eigenvalue weighted by molar-refractivity contribution is -0.119. The molecule has 4 rings (SSSR count). The Morgan fingerprint density at radius 2 is 2.22 bits per heavy atom. The molecule has 136 valence electrons. The van der Waals surface area contributed by atoms with Crippen molar-refractivity contribution in [3.05, 3.63) is 48.1 Å². The zero-order valence-electron chi connectivity index (χ0n) is 14.5. The summed E-state index contributed by atoms with van der Waals surface area (Å²) in [6, 6.07) is 6.92. The van der Waals surface area contributed by atoms with Crippen molar-refractivity contribution in [1.29, 1.82) is 0 Å². The van der Waals surface area contributed by atoms with Crippen molar-refractivity contribution in [2.75, 3.05) is 18.1 Å². The van der Waals surface area contributed by atoms with Gasteiger partial charge in [0.25, 0.3) is 0 Å². The number of carbonyl (C=O) groups excluding carboxylic acids is 2. The molecule has 8 heteroatoms. The van der Waals surface area contributed by atoms with Crippen LogP contribution < -0.4 is 15.0 Å². The van der Waals surface area contributed by atoms with Gasteiger partial charge in [0.1, 0.15) is 24.5 Å². The summed E-state index contributed by atoms with van der Waals surface area (Å²) in [5.41, 5.74) is 2.71. The van der Waals surface area contributed by atoms with Crippen LogP contribution in [0.15, 0.2) is 36.7 Å². The van der Waals surface area contributed by atoms with Gasteiger partial charge in [-0.25, -0.2) is 9.64 Å². The van der Waals surface area contributed by atoms with Crippen LogP contribution in [0.2, 0.25) is 0 Å². The van der Waals surface area contributed by atoms with Crippen LogP contribution in [0.3, 0.4) is 0 Å². The number of anilines is 1. The Bertz CT molecular complexity index is 968. The van der Waals surface area contributed by atoms with Gasteiger partial charge in [-0.1, -0.05) is 6.07 Å². The van der Waals surface area contributed by atoms with Crippen LogP contribution in [-0.2, 0) is 9.53 Å². The van der Waals surface area contributed by atoms with Gasteiger partial charge in [-0.05, 0) is 29.3 Å². The highest BCUT2D eigenvalue weighted by Gasteiger charge is 2.46. The average molecular weight is 364 g/mol. The fraction of sp³-hybridized carbons (Fsp3) is 0.263. The van der Waals surface area contributed by atoms with Gasteiger partial charge < -0.3 is 14.8 Å². The largest absolute Gasteiger partial charge is 0.489 e. The van der Waals surface area contributed by atoms with Gasteiger partial charge in [-0.15, -0.1) is 0 Å². The lowest BCUT2D eigenvalue weighted by Gasteiger charge is -2.31. The van der Waals surface area contributed by atoms with Gasteiger partial charge in [0.05, 0.1) is 18.8 Å². The molecule has 0 aliphatic carbocycles. The molecule has 1 aromatic carbocycles. The lowest BCUT2D eigenvalue weighted by Crippen LogP contribution is -2.47. The number of amides is 2. The van der Waals surface area contributed by atoms with Crippen molar-refractivity contribution in [3.8, 4) is 16.9 Å². The molecule has 1 aromatic heterocycles. The minimum atomic E-state index is -0.464. The summed E-state index contributed by atoms with van der Waals surface area (Å²) in [6.45, 7) is 9.04. The van der Waals surface area contributed by atoms with Gasteiger partial charge in [-0.3, -0.25) is 14.7 Å². The topological polar surface area (TPSA) is 85.1 Å². The van der Waals surface area contributed by atoms with Crippen LogP contribution in [0.4, 0.5) is 16.2 Å². The number of nitrogens with zero attached hydrogens (tertiary/aromatic N) is 3. The van der Waals surface area contributed by atoms with Crippen molar-refractivity contribution in [2.45, 2.75) is 19.1 Å². The Hall–Kier alpha value is -3.60. The Morgan fingerprint density at radius 1 is 1.37 bits per heavy atom. The van der Waals surface area contributed by atoms with Crippen molar-refractivity contribution in [2.24, 2.45) is 0 Å². The number of ether oxygens (including phenoxy) is 2. The average Bonchev–Trinajstić information content (AvgIpc) is 3.02. The second-order valence-corrected chi connectivity index (χ2v) is 6.33. The van der Waals surface area contributed by atoms with E-state index in [1.807, 2.05) is 12.1 Å². The quantitative estimate of drug-likeness (QED) is 0.846. The number of aromatic nitrogens is 1. The van der Waals surface area contributed by atoms with Crippen molar-refractivity contribution >= 4 is 23.4 Å². The van der Waals surface area contributed by atoms with E-state index in [2.05, 4.69) is 15.1 Å². The molecule has 1 saturated heterocycles. The van der Waals surface area contributed by atoms with E-state index in [9.17, 15) is 9.59 Å². The van der Waals surface area contributed by atoms with Crippen LogP contribution in [0.5, 0.6) is 5.75 Å². The number of hydrogen-bond donors (Lipinski definition) is 1. The standard InChI is InChI=1S/C19H16N4O4/c1-11(24)22-9-18-16-10-26-17-6-12(13-5-14(20-2)8-21-7-13)3-4-15(17)23(16)19(25)27-18/h3-8,16,18H,9-10H2,1H3,(H,22,24)/t16-,18-/m0/s1. The summed E-state index contributed by atoms with van der Waals surface area (Å²) in [5, 5.41) is 2.68. The first-order valence-corrected chi connectivity index (χ1v) is 8.41. The number of carbonyl (C=O) groups is 2. The highest BCUT2D eigenvalue weighted by atomic mass is 16.6.